The number of halogens is 5. The fourth-order valence-electron chi connectivity index (χ4n) is 3.15. The Hall–Kier alpha value is -2.49. The number of likely N-dealkylation sites (N-methyl/N-ethyl adjacent to an activating group) is 1. The Balaban J connectivity index is 1.99. The highest BCUT2D eigenvalue weighted by atomic mass is 19.4. The van der Waals surface area contributed by atoms with E-state index in [-0.39, 0.29) is 5.52 Å². The number of nitrogens with zero attached hydrogens (tertiary/aromatic N) is 5. The first-order chi connectivity index (χ1) is 12.3. The molecule has 0 amide bonds. The molecule has 0 spiro atoms. The van der Waals surface area contributed by atoms with Crippen molar-refractivity contribution < 1.29 is 22.0 Å². The van der Waals surface area contributed by atoms with Crippen molar-refractivity contribution in [2.45, 2.75) is 6.18 Å². The number of benzene rings is 1. The van der Waals surface area contributed by atoms with Crippen molar-refractivity contribution in [3.8, 4) is 0 Å². The minimum Gasteiger partial charge on any atom is -0.351 e. The zero-order valence-corrected chi connectivity index (χ0v) is 13.7. The molecule has 0 saturated carbocycles. The van der Waals surface area contributed by atoms with Gasteiger partial charge in [0.15, 0.2) is 23.1 Å². The molecule has 3 aromatic rings. The molecule has 138 valence electrons. The topological polar surface area (TPSA) is 36.7 Å². The number of anilines is 1. The van der Waals surface area contributed by atoms with Crippen LogP contribution in [0.3, 0.4) is 0 Å². The summed E-state index contributed by atoms with van der Waals surface area (Å²) in [5.74, 6) is -3.23. The molecular formula is C16H14F5N5. The van der Waals surface area contributed by atoms with Gasteiger partial charge in [-0.1, -0.05) is 0 Å². The number of fused-ring (bicyclic) bond motifs is 3. The van der Waals surface area contributed by atoms with Crippen molar-refractivity contribution in [1.29, 1.82) is 0 Å². The van der Waals surface area contributed by atoms with Crippen LogP contribution in [0.4, 0.5) is 27.8 Å². The van der Waals surface area contributed by atoms with E-state index in [1.807, 2.05) is 11.9 Å². The molecule has 1 saturated heterocycles. The number of aromatic nitrogens is 3. The molecule has 1 aliphatic heterocycles. The molecule has 0 atom stereocenters. The molecule has 0 N–H and O–H groups in total. The molecule has 0 unspecified atom stereocenters. The standard InChI is InChI=1S/C16H14F5N5/c1-24-4-6-25(7-5-24)15-14-22-2-3-26(14)10-8-9(16(19,20)21)11(17)12(18)13(10)23-15/h2-3,8H,4-7H2,1H3. The minimum absolute atomic E-state index is 0.179. The lowest BCUT2D eigenvalue weighted by atomic mass is 10.1. The lowest BCUT2D eigenvalue weighted by Gasteiger charge is -2.33. The Morgan fingerprint density at radius 3 is 2.38 bits per heavy atom. The largest absolute Gasteiger partial charge is 0.419 e. The van der Waals surface area contributed by atoms with Gasteiger partial charge in [-0.15, -0.1) is 0 Å². The average Bonchev–Trinajstić information content (AvgIpc) is 3.07. The van der Waals surface area contributed by atoms with E-state index in [0.29, 0.717) is 30.6 Å². The van der Waals surface area contributed by atoms with Crippen molar-refractivity contribution >= 4 is 22.5 Å². The molecule has 0 bridgehead atoms. The second kappa shape index (κ2) is 5.76. The normalized spacial score (nSPS) is 16.8. The summed E-state index contributed by atoms with van der Waals surface area (Å²) < 4.78 is 68.8. The van der Waals surface area contributed by atoms with Gasteiger partial charge in [-0.05, 0) is 13.1 Å². The van der Waals surface area contributed by atoms with Gasteiger partial charge in [0.05, 0.1) is 11.1 Å². The van der Waals surface area contributed by atoms with Crippen LogP contribution >= 0.6 is 0 Å². The van der Waals surface area contributed by atoms with E-state index in [1.54, 1.807) is 0 Å². The van der Waals surface area contributed by atoms with Crippen molar-refractivity contribution in [3.63, 3.8) is 0 Å². The third-order valence-corrected chi connectivity index (χ3v) is 4.59. The number of piperazine rings is 1. The molecule has 0 radical (unpaired) electrons. The van der Waals surface area contributed by atoms with Gasteiger partial charge in [0.25, 0.3) is 0 Å². The number of hydrogen-bond acceptors (Lipinski definition) is 4. The van der Waals surface area contributed by atoms with Crippen LogP contribution in [-0.4, -0.2) is 52.5 Å². The monoisotopic (exact) mass is 371 g/mol. The second-order valence-electron chi connectivity index (χ2n) is 6.26. The predicted molar refractivity (Wildman–Crippen MR) is 85.1 cm³/mol. The Kier molecular flexibility index (Phi) is 3.76. The molecule has 10 heteroatoms. The van der Waals surface area contributed by atoms with Gasteiger partial charge in [-0.3, -0.25) is 4.40 Å². The highest BCUT2D eigenvalue weighted by Gasteiger charge is 2.37. The van der Waals surface area contributed by atoms with Gasteiger partial charge in [0.2, 0.25) is 0 Å². The molecule has 1 aromatic carbocycles. The SMILES string of the molecule is CN1CCN(c2nc3c(F)c(F)c(C(F)(F)F)cc3n3ccnc23)CC1. The maximum atomic E-state index is 14.4. The first-order valence-electron chi connectivity index (χ1n) is 7.93. The molecule has 1 aliphatic rings. The fraction of sp³-hybridized carbons (Fsp3) is 0.375. The molecule has 2 aromatic heterocycles. The third kappa shape index (κ3) is 2.56. The second-order valence-corrected chi connectivity index (χ2v) is 6.26. The zero-order valence-electron chi connectivity index (χ0n) is 13.7. The summed E-state index contributed by atoms with van der Waals surface area (Å²) in [6.45, 7) is 2.69. The molecule has 3 heterocycles. The molecular weight excluding hydrogens is 357 g/mol. The summed E-state index contributed by atoms with van der Waals surface area (Å²) in [4.78, 5) is 12.3. The maximum Gasteiger partial charge on any atom is 0.419 e. The number of rotatable bonds is 1. The summed E-state index contributed by atoms with van der Waals surface area (Å²) >= 11 is 0. The average molecular weight is 371 g/mol. The lowest BCUT2D eigenvalue weighted by Crippen LogP contribution is -2.45. The number of alkyl halides is 3. The lowest BCUT2D eigenvalue weighted by molar-refractivity contribution is -0.140. The van der Waals surface area contributed by atoms with E-state index < -0.39 is 28.9 Å². The first-order valence-corrected chi connectivity index (χ1v) is 7.93. The van der Waals surface area contributed by atoms with Gasteiger partial charge in [-0.25, -0.2) is 18.7 Å². The van der Waals surface area contributed by atoms with E-state index in [2.05, 4.69) is 14.9 Å². The number of imidazole rings is 1. The van der Waals surface area contributed by atoms with E-state index >= 15 is 0 Å². The molecule has 4 rings (SSSR count). The van der Waals surface area contributed by atoms with E-state index in [1.165, 1.54) is 16.8 Å². The van der Waals surface area contributed by atoms with Crippen LogP contribution in [0.2, 0.25) is 0 Å². The molecule has 26 heavy (non-hydrogen) atoms. The summed E-state index contributed by atoms with van der Waals surface area (Å²) in [5, 5.41) is 0. The van der Waals surface area contributed by atoms with Gasteiger partial charge in [-0.2, -0.15) is 13.2 Å². The van der Waals surface area contributed by atoms with Crippen LogP contribution < -0.4 is 4.90 Å². The van der Waals surface area contributed by atoms with Gasteiger partial charge in [0, 0.05) is 38.6 Å². The van der Waals surface area contributed by atoms with Crippen LogP contribution in [0, 0.1) is 11.6 Å². The van der Waals surface area contributed by atoms with Crippen LogP contribution in [-0.2, 0) is 6.18 Å². The Labute approximate surface area is 144 Å². The molecule has 0 aliphatic carbocycles. The fourth-order valence-corrected chi connectivity index (χ4v) is 3.15. The summed E-state index contributed by atoms with van der Waals surface area (Å²) in [7, 11) is 1.96. The highest BCUT2D eigenvalue weighted by molar-refractivity contribution is 5.84. The van der Waals surface area contributed by atoms with Crippen molar-refractivity contribution in [1.82, 2.24) is 19.3 Å². The van der Waals surface area contributed by atoms with Crippen LogP contribution in [0.15, 0.2) is 18.5 Å². The van der Waals surface area contributed by atoms with Crippen LogP contribution in [0.5, 0.6) is 0 Å². The Bertz CT molecular complexity index is 988. The van der Waals surface area contributed by atoms with Gasteiger partial charge >= 0.3 is 6.18 Å². The van der Waals surface area contributed by atoms with Crippen molar-refractivity contribution in [3.05, 3.63) is 35.7 Å². The van der Waals surface area contributed by atoms with Crippen LogP contribution in [0.25, 0.3) is 16.7 Å². The minimum atomic E-state index is -5.01. The highest BCUT2D eigenvalue weighted by Crippen LogP contribution is 2.36. The van der Waals surface area contributed by atoms with Crippen LogP contribution in [0.1, 0.15) is 5.56 Å². The summed E-state index contributed by atoms with van der Waals surface area (Å²) in [6.07, 6.45) is -2.21. The van der Waals surface area contributed by atoms with Crippen molar-refractivity contribution in [2.75, 3.05) is 38.1 Å². The molecule has 1 fully saturated rings. The smallest absolute Gasteiger partial charge is 0.351 e. The first kappa shape index (κ1) is 17.0. The molecule has 5 nitrogen and oxygen atoms in total. The van der Waals surface area contributed by atoms with Gasteiger partial charge < -0.3 is 9.80 Å². The maximum absolute atomic E-state index is 14.4. The Morgan fingerprint density at radius 1 is 1.04 bits per heavy atom. The van der Waals surface area contributed by atoms with Gasteiger partial charge in [0.1, 0.15) is 5.52 Å². The number of hydrogen-bond donors (Lipinski definition) is 0. The van der Waals surface area contributed by atoms with Crippen molar-refractivity contribution in [2.24, 2.45) is 0 Å². The van der Waals surface area contributed by atoms with E-state index in [0.717, 1.165) is 13.1 Å². The third-order valence-electron chi connectivity index (χ3n) is 4.59. The van der Waals surface area contributed by atoms with E-state index in [4.69, 9.17) is 0 Å². The Morgan fingerprint density at radius 2 is 1.73 bits per heavy atom. The summed E-state index contributed by atoms with van der Waals surface area (Å²) in [5.41, 5.74) is -1.98. The zero-order chi connectivity index (χ0) is 18.6. The predicted octanol–water partition coefficient (Wildman–Crippen LogP) is 2.93. The summed E-state index contributed by atoms with van der Waals surface area (Å²) in [6, 6.07) is 0.573. The van der Waals surface area contributed by atoms with E-state index in [9.17, 15) is 22.0 Å². The quantitative estimate of drug-likeness (QED) is 0.617.